The van der Waals surface area contributed by atoms with Crippen LogP contribution in [0.2, 0.25) is 0 Å². The van der Waals surface area contributed by atoms with E-state index in [1.165, 1.54) is 120 Å². The first-order valence-corrected chi connectivity index (χ1v) is 28.3. The average molecular weight is 980 g/mol. The standard InChI is InChI=1S/C73H57NS/c1-44-14-11-26-61-67(44)64-43-54(74(65-27-13-20-46-16-6-10-24-58(46)65)53-36-34-50-31-29-48-18-5-9-23-57(48)63(50)42-53)38-39-73(64,2)72-70(61)60-37-35-52(41-66(60)75-72)69-68(71(69)59-25-12-19-45-15-3-7-21-55(45)59)51-33-32-49-30-28-47-17-4-8-22-56(47)62(49)40-51/h3-4,6-17,19-24,26-44,50,59,63-64,67,71H,5,18,25H2,1-2H3. The van der Waals surface area contributed by atoms with Gasteiger partial charge in [-0.3, -0.25) is 0 Å². The molecule has 0 fully saturated rings. The van der Waals surface area contributed by atoms with Crippen molar-refractivity contribution in [2.45, 2.75) is 44.4 Å². The van der Waals surface area contributed by atoms with Gasteiger partial charge in [0.2, 0.25) is 0 Å². The Hall–Kier alpha value is -7.78. The van der Waals surface area contributed by atoms with Gasteiger partial charge >= 0.3 is 0 Å². The van der Waals surface area contributed by atoms with Gasteiger partial charge < -0.3 is 4.90 Å². The summed E-state index contributed by atoms with van der Waals surface area (Å²) in [4.78, 5) is 4.10. The van der Waals surface area contributed by atoms with E-state index in [1.54, 1.807) is 0 Å². The van der Waals surface area contributed by atoms with Gasteiger partial charge in [-0.25, -0.2) is 0 Å². The van der Waals surface area contributed by atoms with Crippen LogP contribution in [0.1, 0.15) is 71.7 Å². The van der Waals surface area contributed by atoms with E-state index in [2.05, 4.69) is 261 Å². The first-order valence-electron chi connectivity index (χ1n) is 27.5. The van der Waals surface area contributed by atoms with E-state index in [-0.39, 0.29) is 11.3 Å². The Morgan fingerprint density at radius 2 is 1.37 bits per heavy atom. The van der Waals surface area contributed by atoms with Crippen LogP contribution in [0.5, 0.6) is 0 Å². The first kappa shape index (κ1) is 43.6. The molecule has 8 atom stereocenters. The van der Waals surface area contributed by atoms with Crippen LogP contribution in [0.15, 0.2) is 247 Å². The normalized spacial score (nSPS) is 26.6. The smallest absolute Gasteiger partial charge is 0.0539 e. The molecule has 1 heterocycles. The van der Waals surface area contributed by atoms with Gasteiger partial charge in [0.15, 0.2) is 0 Å². The Morgan fingerprint density at radius 3 is 2.28 bits per heavy atom. The summed E-state index contributed by atoms with van der Waals surface area (Å²) in [5, 5.41) is 9.19. The molecule has 8 aliphatic carbocycles. The third-order valence-electron chi connectivity index (χ3n) is 18.7. The van der Waals surface area contributed by atoms with E-state index in [4.69, 9.17) is 0 Å². The van der Waals surface area contributed by atoms with Crippen molar-refractivity contribution in [3.8, 4) is 0 Å². The van der Waals surface area contributed by atoms with Gasteiger partial charge in [0.05, 0.1) is 5.69 Å². The molecule has 8 aliphatic rings. The lowest BCUT2D eigenvalue weighted by Crippen LogP contribution is -2.43. The predicted octanol–water partition coefficient (Wildman–Crippen LogP) is 19.1. The van der Waals surface area contributed by atoms with E-state index in [1.807, 2.05) is 0 Å². The summed E-state index contributed by atoms with van der Waals surface area (Å²) in [5.41, 5.74) is 18.1. The second-order valence-electron chi connectivity index (χ2n) is 22.7. The molecule has 0 N–H and O–H groups in total. The highest BCUT2D eigenvalue weighted by Crippen LogP contribution is 2.64. The largest absolute Gasteiger partial charge is 0.311 e. The van der Waals surface area contributed by atoms with E-state index < -0.39 is 0 Å². The molecule has 75 heavy (non-hydrogen) atoms. The zero-order valence-electron chi connectivity index (χ0n) is 42.5. The van der Waals surface area contributed by atoms with Crippen LogP contribution in [0, 0.1) is 35.5 Å². The minimum absolute atomic E-state index is 0.199. The minimum Gasteiger partial charge on any atom is -0.311 e. The van der Waals surface area contributed by atoms with Crippen molar-refractivity contribution in [1.82, 2.24) is 0 Å². The SMILES string of the molecule is CC1C=CC=C2c3c(sc4cc(C5=C(c6ccc7ccc8ccccc8c7c6)C5C5CC=Cc6ccccc65)ccc34)C3(C)C=CC(N(C4=CC5C6=C(C=CC5C=C4)CCC=C6)c4cccc5ccccc45)=CC3C21. The number of allylic oxidation sites excluding steroid dienone is 19. The second-order valence-corrected chi connectivity index (χ2v) is 23.8. The molecule has 2 heteroatoms. The number of nitrogens with zero attached hydrogens (tertiary/aromatic N) is 1. The lowest BCUT2D eigenvalue weighted by atomic mass is 9.56. The minimum atomic E-state index is -0.199. The average Bonchev–Trinajstić information content (AvgIpc) is 4.08. The van der Waals surface area contributed by atoms with Crippen molar-refractivity contribution in [3.05, 3.63) is 280 Å². The van der Waals surface area contributed by atoms with Gasteiger partial charge in [0.1, 0.15) is 0 Å². The van der Waals surface area contributed by atoms with Crippen molar-refractivity contribution >= 4 is 82.2 Å². The summed E-state index contributed by atoms with van der Waals surface area (Å²) in [6.07, 6.45) is 40.2. The molecule has 1 aromatic heterocycles. The van der Waals surface area contributed by atoms with Crippen LogP contribution in [-0.2, 0) is 5.41 Å². The molecular weight excluding hydrogens is 923 g/mol. The number of anilines is 1. The summed E-state index contributed by atoms with van der Waals surface area (Å²) in [6.45, 7) is 5.01. The molecule has 0 spiro atoms. The number of hydrogen-bond acceptors (Lipinski definition) is 2. The van der Waals surface area contributed by atoms with E-state index in [9.17, 15) is 0 Å². The number of rotatable bonds is 6. The van der Waals surface area contributed by atoms with E-state index in [0.717, 1.165) is 19.3 Å². The number of benzene rings is 7. The molecule has 0 aliphatic heterocycles. The molecule has 16 rings (SSSR count). The molecule has 7 aromatic carbocycles. The Balaban J connectivity index is 0.835. The molecule has 0 saturated carbocycles. The highest BCUT2D eigenvalue weighted by Gasteiger charge is 2.51. The molecule has 1 nitrogen and oxygen atoms in total. The summed E-state index contributed by atoms with van der Waals surface area (Å²) in [5.74, 6) is 2.38. The van der Waals surface area contributed by atoms with Crippen molar-refractivity contribution in [1.29, 1.82) is 0 Å². The Bertz CT molecular complexity index is 4180. The Labute approximate surface area is 444 Å². The Morgan fingerprint density at radius 1 is 0.627 bits per heavy atom. The van der Waals surface area contributed by atoms with E-state index in [0.29, 0.717) is 35.5 Å². The number of hydrogen-bond donors (Lipinski definition) is 0. The highest BCUT2D eigenvalue weighted by molar-refractivity contribution is 7.19. The maximum Gasteiger partial charge on any atom is 0.0539 e. The molecule has 360 valence electrons. The summed E-state index contributed by atoms with van der Waals surface area (Å²) in [6, 6.07) is 53.1. The Kier molecular flexibility index (Phi) is 9.66. The monoisotopic (exact) mass is 979 g/mol. The van der Waals surface area contributed by atoms with Crippen LogP contribution >= 0.6 is 11.3 Å². The van der Waals surface area contributed by atoms with Crippen molar-refractivity contribution in [2.24, 2.45) is 35.5 Å². The van der Waals surface area contributed by atoms with Crippen LogP contribution < -0.4 is 4.90 Å². The maximum atomic E-state index is 2.69. The fourth-order valence-electron chi connectivity index (χ4n) is 15.0. The molecule has 8 unspecified atom stereocenters. The summed E-state index contributed by atoms with van der Waals surface area (Å²) >= 11 is 2.05. The quantitative estimate of drug-likeness (QED) is 0.150. The molecule has 0 amide bonds. The number of fused-ring (bicyclic) bond motifs is 15. The topological polar surface area (TPSA) is 3.24 Å². The zero-order valence-corrected chi connectivity index (χ0v) is 43.3. The van der Waals surface area contributed by atoms with Crippen LogP contribution in [0.25, 0.3) is 65.2 Å². The maximum absolute atomic E-state index is 2.69. The summed E-state index contributed by atoms with van der Waals surface area (Å²) < 4.78 is 1.40. The van der Waals surface area contributed by atoms with Gasteiger partial charge in [0, 0.05) is 66.4 Å². The zero-order chi connectivity index (χ0) is 49.5. The van der Waals surface area contributed by atoms with Crippen LogP contribution in [0.3, 0.4) is 0 Å². The first-order chi connectivity index (χ1) is 37.0. The second kappa shape index (κ2) is 16.6. The summed E-state index contributed by atoms with van der Waals surface area (Å²) in [7, 11) is 0. The van der Waals surface area contributed by atoms with Crippen molar-refractivity contribution < 1.29 is 0 Å². The molecular formula is C73H57NS. The third-order valence-corrected chi connectivity index (χ3v) is 20.1. The van der Waals surface area contributed by atoms with Crippen LogP contribution in [-0.4, -0.2) is 0 Å². The van der Waals surface area contributed by atoms with Crippen molar-refractivity contribution in [2.75, 3.05) is 4.90 Å². The molecule has 0 bridgehead atoms. The highest BCUT2D eigenvalue weighted by atomic mass is 32.1. The van der Waals surface area contributed by atoms with E-state index >= 15 is 0 Å². The van der Waals surface area contributed by atoms with Gasteiger partial charge in [-0.2, -0.15) is 0 Å². The van der Waals surface area contributed by atoms with Gasteiger partial charge in [-0.1, -0.05) is 214 Å². The molecule has 0 saturated heterocycles. The predicted molar refractivity (Wildman–Crippen MR) is 319 cm³/mol. The number of thiophene rings is 1. The van der Waals surface area contributed by atoms with Gasteiger partial charge in [0.25, 0.3) is 0 Å². The fraction of sp³-hybridized carbons (Fsp3) is 0.178. The lowest BCUT2D eigenvalue weighted by Gasteiger charge is -2.49. The molecule has 0 radical (unpaired) electrons. The third kappa shape index (κ3) is 6.61. The molecule has 8 aromatic rings. The van der Waals surface area contributed by atoms with Crippen LogP contribution in [0.4, 0.5) is 5.69 Å². The lowest BCUT2D eigenvalue weighted by molar-refractivity contribution is 0.290. The van der Waals surface area contributed by atoms with Gasteiger partial charge in [-0.05, 0) is 144 Å². The fourth-order valence-corrected chi connectivity index (χ4v) is 16.5. The van der Waals surface area contributed by atoms with Crippen molar-refractivity contribution in [3.63, 3.8) is 0 Å². The van der Waals surface area contributed by atoms with Gasteiger partial charge in [-0.15, -0.1) is 11.3 Å².